The molecule has 0 aromatic carbocycles. The second kappa shape index (κ2) is 3.84. The molecule has 1 nitrogen and oxygen atoms in total. The molecule has 0 bridgehead atoms. The third kappa shape index (κ3) is 4.06. The number of rotatable bonds is 3. The summed E-state index contributed by atoms with van der Waals surface area (Å²) in [6.07, 6.45) is 0. The summed E-state index contributed by atoms with van der Waals surface area (Å²) in [5.41, 5.74) is 1.00. The first-order chi connectivity index (χ1) is 3.66. The van der Waals surface area contributed by atoms with Gasteiger partial charge in [-0.05, 0) is 6.92 Å². The van der Waals surface area contributed by atoms with E-state index in [2.05, 4.69) is 6.58 Å². The van der Waals surface area contributed by atoms with Gasteiger partial charge in [0.25, 0.3) is 0 Å². The first-order valence-corrected chi connectivity index (χ1v) is 4.15. The normalized spacial score (nSPS) is 13.2. The average Bonchev–Trinajstić information content (AvgIpc) is 1.65. The SMILES string of the molecule is C=C(C)CS(=O)CC. The Kier molecular flexibility index (Phi) is 3.79. The molecule has 8 heavy (non-hydrogen) atoms. The van der Waals surface area contributed by atoms with E-state index in [0.717, 1.165) is 11.3 Å². The molecule has 1 unspecified atom stereocenters. The molecule has 0 aromatic rings. The molecule has 0 heterocycles. The second-order valence-corrected chi connectivity index (χ2v) is 3.58. The van der Waals surface area contributed by atoms with E-state index in [9.17, 15) is 4.21 Å². The van der Waals surface area contributed by atoms with Crippen molar-refractivity contribution in [1.29, 1.82) is 0 Å². The third-order valence-electron chi connectivity index (χ3n) is 0.729. The van der Waals surface area contributed by atoms with E-state index in [1.54, 1.807) is 0 Å². The van der Waals surface area contributed by atoms with Crippen molar-refractivity contribution in [3.05, 3.63) is 12.2 Å². The molecule has 0 amide bonds. The summed E-state index contributed by atoms with van der Waals surface area (Å²) in [5.74, 6) is 1.41. The Hall–Kier alpha value is -0.110. The van der Waals surface area contributed by atoms with Gasteiger partial charge >= 0.3 is 0 Å². The molecule has 0 radical (unpaired) electrons. The van der Waals surface area contributed by atoms with Crippen molar-refractivity contribution in [2.75, 3.05) is 11.5 Å². The molecule has 0 aromatic heterocycles. The van der Waals surface area contributed by atoms with Crippen LogP contribution in [0.15, 0.2) is 12.2 Å². The Morgan fingerprint density at radius 3 is 2.38 bits per heavy atom. The van der Waals surface area contributed by atoms with E-state index in [-0.39, 0.29) is 0 Å². The molecular weight excluding hydrogens is 120 g/mol. The summed E-state index contributed by atoms with van der Waals surface area (Å²) in [5, 5.41) is 0. The van der Waals surface area contributed by atoms with E-state index in [0.29, 0.717) is 5.75 Å². The van der Waals surface area contributed by atoms with E-state index < -0.39 is 10.8 Å². The van der Waals surface area contributed by atoms with Gasteiger partial charge in [-0.15, -0.1) is 0 Å². The van der Waals surface area contributed by atoms with E-state index in [1.807, 2.05) is 13.8 Å². The Morgan fingerprint density at radius 1 is 1.75 bits per heavy atom. The Labute approximate surface area is 53.2 Å². The van der Waals surface area contributed by atoms with E-state index >= 15 is 0 Å². The minimum absolute atomic E-state index is 0.657. The maximum atomic E-state index is 10.7. The van der Waals surface area contributed by atoms with Crippen LogP contribution in [0.2, 0.25) is 0 Å². The molecule has 0 saturated carbocycles. The largest absolute Gasteiger partial charge is 0.259 e. The second-order valence-electron chi connectivity index (χ2n) is 1.83. The lowest BCUT2D eigenvalue weighted by Crippen LogP contribution is -1.99. The van der Waals surface area contributed by atoms with E-state index in [4.69, 9.17) is 0 Å². The molecule has 0 rings (SSSR count). The van der Waals surface area contributed by atoms with Crippen LogP contribution in [0.3, 0.4) is 0 Å². The molecular formula is C6H12OS. The highest BCUT2D eigenvalue weighted by atomic mass is 32.2. The lowest BCUT2D eigenvalue weighted by molar-refractivity contribution is 0.685. The van der Waals surface area contributed by atoms with Crippen LogP contribution in [0.25, 0.3) is 0 Å². The highest BCUT2D eigenvalue weighted by Gasteiger charge is 1.92. The Balaban J connectivity index is 3.40. The van der Waals surface area contributed by atoms with Crippen LogP contribution in [0, 0.1) is 0 Å². The van der Waals surface area contributed by atoms with Gasteiger partial charge < -0.3 is 0 Å². The van der Waals surface area contributed by atoms with Crippen LogP contribution in [0.5, 0.6) is 0 Å². The van der Waals surface area contributed by atoms with Gasteiger partial charge in [0.05, 0.1) is 0 Å². The minimum atomic E-state index is -0.657. The summed E-state index contributed by atoms with van der Waals surface area (Å²) in [4.78, 5) is 0. The van der Waals surface area contributed by atoms with Crippen LogP contribution in [0.4, 0.5) is 0 Å². The molecule has 48 valence electrons. The summed E-state index contributed by atoms with van der Waals surface area (Å²) in [6, 6.07) is 0. The van der Waals surface area contributed by atoms with Crippen LogP contribution < -0.4 is 0 Å². The van der Waals surface area contributed by atoms with Gasteiger partial charge in [0.2, 0.25) is 0 Å². The predicted molar refractivity (Wildman–Crippen MR) is 38.4 cm³/mol. The maximum Gasteiger partial charge on any atom is 0.0439 e. The van der Waals surface area contributed by atoms with Gasteiger partial charge in [0.15, 0.2) is 0 Å². The van der Waals surface area contributed by atoms with Gasteiger partial charge in [-0.1, -0.05) is 19.1 Å². The van der Waals surface area contributed by atoms with Gasteiger partial charge in [0, 0.05) is 22.3 Å². The molecule has 0 aliphatic carbocycles. The van der Waals surface area contributed by atoms with Gasteiger partial charge in [-0.25, -0.2) is 0 Å². The van der Waals surface area contributed by atoms with Crippen LogP contribution in [0.1, 0.15) is 13.8 Å². The first kappa shape index (κ1) is 7.89. The number of hydrogen-bond donors (Lipinski definition) is 0. The Morgan fingerprint density at radius 2 is 2.25 bits per heavy atom. The van der Waals surface area contributed by atoms with Crippen LogP contribution >= 0.6 is 0 Å². The van der Waals surface area contributed by atoms with Crippen molar-refractivity contribution >= 4 is 10.8 Å². The summed E-state index contributed by atoms with van der Waals surface area (Å²) in [7, 11) is -0.657. The highest BCUT2D eigenvalue weighted by molar-refractivity contribution is 7.85. The van der Waals surface area contributed by atoms with E-state index in [1.165, 1.54) is 0 Å². The number of hydrogen-bond acceptors (Lipinski definition) is 1. The van der Waals surface area contributed by atoms with Crippen LogP contribution in [-0.2, 0) is 10.8 Å². The van der Waals surface area contributed by atoms with Gasteiger partial charge in [-0.2, -0.15) is 0 Å². The van der Waals surface area contributed by atoms with Crippen molar-refractivity contribution in [3.8, 4) is 0 Å². The predicted octanol–water partition coefficient (Wildman–Crippen LogP) is 1.33. The fraction of sp³-hybridized carbons (Fsp3) is 0.667. The molecule has 0 aliphatic heterocycles. The van der Waals surface area contributed by atoms with Crippen molar-refractivity contribution < 1.29 is 4.21 Å². The summed E-state index contributed by atoms with van der Waals surface area (Å²) >= 11 is 0. The maximum absolute atomic E-state index is 10.7. The first-order valence-electron chi connectivity index (χ1n) is 2.66. The minimum Gasteiger partial charge on any atom is -0.259 e. The molecule has 0 aliphatic rings. The molecule has 0 fully saturated rings. The summed E-state index contributed by atoms with van der Waals surface area (Å²) in [6.45, 7) is 7.46. The van der Waals surface area contributed by atoms with Crippen molar-refractivity contribution in [1.82, 2.24) is 0 Å². The van der Waals surface area contributed by atoms with Crippen molar-refractivity contribution in [3.63, 3.8) is 0 Å². The smallest absolute Gasteiger partial charge is 0.0439 e. The third-order valence-corrected chi connectivity index (χ3v) is 2.19. The topological polar surface area (TPSA) is 17.1 Å². The van der Waals surface area contributed by atoms with Crippen LogP contribution in [-0.4, -0.2) is 15.7 Å². The van der Waals surface area contributed by atoms with Gasteiger partial charge in [0.1, 0.15) is 0 Å². The molecule has 0 saturated heterocycles. The van der Waals surface area contributed by atoms with Gasteiger partial charge in [-0.3, -0.25) is 4.21 Å². The fourth-order valence-electron chi connectivity index (χ4n) is 0.377. The molecule has 1 atom stereocenters. The van der Waals surface area contributed by atoms with Crippen molar-refractivity contribution in [2.24, 2.45) is 0 Å². The average molecular weight is 132 g/mol. The lowest BCUT2D eigenvalue weighted by Gasteiger charge is -1.93. The zero-order valence-electron chi connectivity index (χ0n) is 5.44. The zero-order valence-corrected chi connectivity index (χ0v) is 6.25. The lowest BCUT2D eigenvalue weighted by atomic mass is 10.4. The standard InChI is InChI=1S/C6H12OS/c1-4-8(7)5-6(2)3/h2,4-5H2,1,3H3. The monoisotopic (exact) mass is 132 g/mol. The zero-order chi connectivity index (χ0) is 6.57. The summed E-state index contributed by atoms with van der Waals surface area (Å²) < 4.78 is 10.7. The molecule has 0 N–H and O–H groups in total. The molecule has 0 spiro atoms. The molecule has 2 heteroatoms. The Bertz CT molecular complexity index is 107. The fourth-order valence-corrected chi connectivity index (χ4v) is 1.13. The highest BCUT2D eigenvalue weighted by Crippen LogP contribution is 1.90. The van der Waals surface area contributed by atoms with Crippen molar-refractivity contribution in [2.45, 2.75) is 13.8 Å². The quantitative estimate of drug-likeness (QED) is 0.529.